The predicted octanol–water partition coefficient (Wildman–Crippen LogP) is 2.86. The molecule has 0 bridgehead atoms. The molecule has 4 nitrogen and oxygen atoms in total. The highest BCUT2D eigenvalue weighted by atomic mass is 32.2. The van der Waals surface area contributed by atoms with Gasteiger partial charge in [-0.05, 0) is 48.8 Å². The van der Waals surface area contributed by atoms with Crippen molar-refractivity contribution in [3.8, 4) is 6.07 Å². The molecule has 0 heterocycles. The lowest BCUT2D eigenvalue weighted by Crippen LogP contribution is -2.39. The third kappa shape index (κ3) is 4.05. The number of nitriles is 1. The first-order valence-electron chi connectivity index (χ1n) is 7.40. The van der Waals surface area contributed by atoms with Gasteiger partial charge in [0, 0.05) is 6.04 Å². The maximum absolute atomic E-state index is 12.4. The molecule has 3 atom stereocenters. The Hall–Kier alpha value is -1.38. The first-order chi connectivity index (χ1) is 9.92. The number of hydrogen-bond acceptors (Lipinski definition) is 3. The number of hydrogen-bond donors (Lipinski definition) is 1. The Bertz CT molecular complexity index is 617. The molecule has 114 valence electrons. The number of nitrogens with zero attached hydrogens (tertiary/aromatic N) is 1. The first kappa shape index (κ1) is 16.0. The standard InChI is InChI=1S/C16H22N2O2S/c1-12-3-6-15(11-13(12)2)18-21(19,20)16-7-4-14(5-8-16)9-10-17/h4-5,7-8,12-13,15,18H,3,6,9,11H2,1-2H3. The van der Waals surface area contributed by atoms with Crippen LogP contribution in [0, 0.1) is 23.2 Å². The van der Waals surface area contributed by atoms with Crippen LogP contribution in [0.3, 0.4) is 0 Å². The largest absolute Gasteiger partial charge is 0.240 e. The monoisotopic (exact) mass is 306 g/mol. The van der Waals surface area contributed by atoms with Gasteiger partial charge in [-0.3, -0.25) is 0 Å². The van der Waals surface area contributed by atoms with Gasteiger partial charge in [-0.2, -0.15) is 5.26 Å². The lowest BCUT2D eigenvalue weighted by molar-refractivity contribution is 0.242. The molecule has 5 heteroatoms. The number of sulfonamides is 1. The number of nitrogens with one attached hydrogen (secondary N) is 1. The summed E-state index contributed by atoms with van der Waals surface area (Å²) in [4.78, 5) is 0.274. The second-order valence-corrected chi connectivity index (χ2v) is 7.78. The summed E-state index contributed by atoms with van der Waals surface area (Å²) in [5.41, 5.74) is 0.830. The van der Waals surface area contributed by atoms with Gasteiger partial charge in [0.05, 0.1) is 17.4 Å². The van der Waals surface area contributed by atoms with Gasteiger partial charge < -0.3 is 0 Å². The highest BCUT2D eigenvalue weighted by Crippen LogP contribution is 2.30. The maximum atomic E-state index is 12.4. The summed E-state index contributed by atoms with van der Waals surface area (Å²) in [5.74, 6) is 1.21. The fourth-order valence-corrected chi connectivity index (χ4v) is 4.10. The molecule has 2 rings (SSSR count). The average molecular weight is 306 g/mol. The van der Waals surface area contributed by atoms with Gasteiger partial charge in [0.15, 0.2) is 0 Å². The fourth-order valence-electron chi connectivity index (χ4n) is 2.82. The molecule has 1 saturated carbocycles. The van der Waals surface area contributed by atoms with Gasteiger partial charge in [0.25, 0.3) is 0 Å². The molecule has 1 aromatic rings. The van der Waals surface area contributed by atoms with Crippen molar-refractivity contribution in [2.75, 3.05) is 0 Å². The summed E-state index contributed by atoms with van der Waals surface area (Å²) in [6.07, 6.45) is 3.16. The second kappa shape index (κ2) is 6.59. The maximum Gasteiger partial charge on any atom is 0.240 e. The Balaban J connectivity index is 2.06. The molecule has 3 unspecified atom stereocenters. The molecule has 0 amide bonds. The van der Waals surface area contributed by atoms with Crippen molar-refractivity contribution in [1.82, 2.24) is 4.72 Å². The molecular weight excluding hydrogens is 284 g/mol. The van der Waals surface area contributed by atoms with Crippen LogP contribution in [0.25, 0.3) is 0 Å². The zero-order valence-electron chi connectivity index (χ0n) is 12.5. The Morgan fingerprint density at radius 2 is 1.86 bits per heavy atom. The van der Waals surface area contributed by atoms with Crippen LogP contribution >= 0.6 is 0 Å². The van der Waals surface area contributed by atoms with Crippen LogP contribution in [-0.2, 0) is 16.4 Å². The molecule has 21 heavy (non-hydrogen) atoms. The van der Waals surface area contributed by atoms with E-state index in [1.165, 1.54) is 0 Å². The van der Waals surface area contributed by atoms with Crippen molar-refractivity contribution in [2.24, 2.45) is 11.8 Å². The zero-order chi connectivity index (χ0) is 15.5. The molecule has 0 radical (unpaired) electrons. The summed E-state index contributed by atoms with van der Waals surface area (Å²) in [6.45, 7) is 4.41. The fraction of sp³-hybridized carbons (Fsp3) is 0.562. The predicted molar refractivity (Wildman–Crippen MR) is 82.0 cm³/mol. The van der Waals surface area contributed by atoms with Crippen LogP contribution in [0.2, 0.25) is 0 Å². The molecule has 0 aromatic heterocycles. The van der Waals surface area contributed by atoms with Crippen molar-refractivity contribution >= 4 is 10.0 Å². The van der Waals surface area contributed by atoms with E-state index >= 15 is 0 Å². The van der Waals surface area contributed by atoms with Crippen molar-refractivity contribution in [2.45, 2.75) is 50.5 Å². The minimum atomic E-state index is -3.47. The third-order valence-electron chi connectivity index (χ3n) is 4.44. The highest BCUT2D eigenvalue weighted by molar-refractivity contribution is 7.89. The molecular formula is C16H22N2O2S. The summed E-state index contributed by atoms with van der Waals surface area (Å²) < 4.78 is 27.6. The minimum Gasteiger partial charge on any atom is -0.208 e. The van der Waals surface area contributed by atoms with Crippen LogP contribution in [0.1, 0.15) is 38.7 Å². The molecule has 1 aromatic carbocycles. The Morgan fingerprint density at radius 1 is 1.19 bits per heavy atom. The Labute approximate surface area is 127 Å². The molecule has 1 fully saturated rings. The van der Waals surface area contributed by atoms with Crippen molar-refractivity contribution in [3.63, 3.8) is 0 Å². The summed E-state index contributed by atoms with van der Waals surface area (Å²) in [7, 11) is -3.47. The third-order valence-corrected chi connectivity index (χ3v) is 5.97. The quantitative estimate of drug-likeness (QED) is 0.930. The van der Waals surface area contributed by atoms with E-state index in [4.69, 9.17) is 5.26 Å². The van der Waals surface area contributed by atoms with Crippen molar-refractivity contribution in [1.29, 1.82) is 5.26 Å². The smallest absolute Gasteiger partial charge is 0.208 e. The molecule has 0 spiro atoms. The Morgan fingerprint density at radius 3 is 2.43 bits per heavy atom. The highest BCUT2D eigenvalue weighted by Gasteiger charge is 2.28. The molecule has 1 aliphatic carbocycles. The lowest BCUT2D eigenvalue weighted by atomic mass is 9.79. The van der Waals surface area contributed by atoms with Crippen molar-refractivity contribution in [3.05, 3.63) is 29.8 Å². The summed E-state index contributed by atoms with van der Waals surface area (Å²) >= 11 is 0. The topological polar surface area (TPSA) is 70.0 Å². The summed E-state index contributed by atoms with van der Waals surface area (Å²) in [5, 5.41) is 8.63. The van der Waals surface area contributed by atoms with Gasteiger partial charge >= 0.3 is 0 Å². The van der Waals surface area contributed by atoms with Gasteiger partial charge in [-0.1, -0.05) is 26.0 Å². The van der Waals surface area contributed by atoms with E-state index in [1.54, 1.807) is 24.3 Å². The van der Waals surface area contributed by atoms with E-state index < -0.39 is 10.0 Å². The van der Waals surface area contributed by atoms with E-state index in [9.17, 15) is 8.42 Å². The van der Waals surface area contributed by atoms with E-state index in [0.29, 0.717) is 18.3 Å². The second-order valence-electron chi connectivity index (χ2n) is 6.06. The van der Waals surface area contributed by atoms with E-state index in [2.05, 4.69) is 24.6 Å². The van der Waals surface area contributed by atoms with Gasteiger partial charge in [0.1, 0.15) is 0 Å². The first-order valence-corrected chi connectivity index (χ1v) is 8.89. The van der Waals surface area contributed by atoms with Gasteiger partial charge in [0.2, 0.25) is 10.0 Å². The Kier molecular flexibility index (Phi) is 5.02. The molecule has 1 N–H and O–H groups in total. The lowest BCUT2D eigenvalue weighted by Gasteiger charge is -2.32. The van der Waals surface area contributed by atoms with Gasteiger partial charge in [-0.15, -0.1) is 0 Å². The van der Waals surface area contributed by atoms with E-state index in [1.807, 2.05) is 0 Å². The van der Waals surface area contributed by atoms with Crippen LogP contribution in [0.5, 0.6) is 0 Å². The van der Waals surface area contributed by atoms with Crippen LogP contribution in [-0.4, -0.2) is 14.5 Å². The molecule has 0 saturated heterocycles. The van der Waals surface area contributed by atoms with Crippen molar-refractivity contribution < 1.29 is 8.42 Å². The normalized spacial score (nSPS) is 26.2. The number of benzene rings is 1. The molecule has 1 aliphatic rings. The molecule has 0 aliphatic heterocycles. The van der Waals surface area contributed by atoms with Crippen LogP contribution < -0.4 is 4.72 Å². The number of rotatable bonds is 4. The van der Waals surface area contributed by atoms with Crippen LogP contribution in [0.4, 0.5) is 0 Å². The SMILES string of the molecule is CC1CCC(NS(=O)(=O)c2ccc(CC#N)cc2)CC1C. The van der Waals surface area contributed by atoms with Gasteiger partial charge in [-0.25, -0.2) is 13.1 Å². The minimum absolute atomic E-state index is 0.0278. The van der Waals surface area contributed by atoms with E-state index in [0.717, 1.165) is 24.8 Å². The summed E-state index contributed by atoms with van der Waals surface area (Å²) in [6, 6.07) is 8.62. The van der Waals surface area contributed by atoms with Crippen LogP contribution in [0.15, 0.2) is 29.2 Å². The zero-order valence-corrected chi connectivity index (χ0v) is 13.4. The average Bonchev–Trinajstić information content (AvgIpc) is 2.44. The van der Waals surface area contributed by atoms with E-state index in [-0.39, 0.29) is 10.9 Å².